The molecule has 140 valence electrons. The minimum Gasteiger partial charge on any atom is -0.496 e. The number of hydrogen-bond donors (Lipinski definition) is 1. The Kier molecular flexibility index (Phi) is 4.86. The van der Waals surface area contributed by atoms with Gasteiger partial charge in [-0.3, -0.25) is 4.79 Å². The molecule has 1 aliphatic rings. The number of H-pyrrole nitrogens is 1. The Morgan fingerprint density at radius 2 is 1.96 bits per heavy atom. The van der Waals surface area contributed by atoms with Crippen molar-refractivity contribution in [1.29, 1.82) is 0 Å². The van der Waals surface area contributed by atoms with E-state index in [-0.39, 0.29) is 5.91 Å². The molecule has 0 radical (unpaired) electrons. The van der Waals surface area contributed by atoms with Gasteiger partial charge < -0.3 is 19.5 Å². The molecule has 8 nitrogen and oxygen atoms in total. The second kappa shape index (κ2) is 7.61. The number of carbonyl (C=O) groups is 1. The second-order valence-corrected chi connectivity index (χ2v) is 6.48. The van der Waals surface area contributed by atoms with Crippen molar-refractivity contribution in [1.82, 2.24) is 24.8 Å². The number of methoxy groups -OCH3 is 1. The zero-order chi connectivity index (χ0) is 18.6. The third-order valence-electron chi connectivity index (χ3n) is 4.94. The van der Waals surface area contributed by atoms with Crippen molar-refractivity contribution in [2.45, 2.75) is 12.8 Å². The maximum atomic E-state index is 12.6. The van der Waals surface area contributed by atoms with Crippen molar-refractivity contribution >= 4 is 22.9 Å². The summed E-state index contributed by atoms with van der Waals surface area (Å²) in [5.41, 5.74) is 2.57. The summed E-state index contributed by atoms with van der Waals surface area (Å²) in [6.07, 6.45) is 4.33. The molecule has 1 amide bonds. The number of piperazine rings is 1. The van der Waals surface area contributed by atoms with Gasteiger partial charge in [-0.15, -0.1) is 0 Å². The largest absolute Gasteiger partial charge is 0.496 e. The first kappa shape index (κ1) is 17.3. The molecular formula is C19H22N6O2. The first-order valence-electron chi connectivity index (χ1n) is 9.05. The van der Waals surface area contributed by atoms with Crippen LogP contribution in [0.25, 0.3) is 11.2 Å². The van der Waals surface area contributed by atoms with E-state index >= 15 is 0 Å². The van der Waals surface area contributed by atoms with Crippen molar-refractivity contribution in [3.8, 4) is 5.75 Å². The predicted octanol–water partition coefficient (Wildman–Crippen LogP) is 1.64. The number of aromatic nitrogens is 4. The lowest BCUT2D eigenvalue weighted by atomic mass is 10.1. The number of fused-ring (bicyclic) bond motifs is 1. The van der Waals surface area contributed by atoms with Gasteiger partial charge in [-0.25, -0.2) is 15.0 Å². The summed E-state index contributed by atoms with van der Waals surface area (Å²) in [5.74, 6) is 1.86. The highest BCUT2D eigenvalue weighted by atomic mass is 16.5. The van der Waals surface area contributed by atoms with Crippen LogP contribution >= 0.6 is 0 Å². The Hall–Kier alpha value is -3.16. The Bertz CT molecular complexity index is 933. The summed E-state index contributed by atoms with van der Waals surface area (Å²) in [4.78, 5) is 32.5. The number of nitrogens with zero attached hydrogens (tertiary/aromatic N) is 5. The minimum absolute atomic E-state index is 0.176. The van der Waals surface area contributed by atoms with E-state index < -0.39 is 0 Å². The minimum atomic E-state index is 0.176. The van der Waals surface area contributed by atoms with Crippen molar-refractivity contribution in [3.05, 3.63) is 42.5 Å². The van der Waals surface area contributed by atoms with Gasteiger partial charge in [0, 0.05) is 32.6 Å². The molecule has 3 heterocycles. The van der Waals surface area contributed by atoms with Crippen LogP contribution in [0.2, 0.25) is 0 Å². The van der Waals surface area contributed by atoms with Gasteiger partial charge in [-0.2, -0.15) is 0 Å². The molecule has 1 saturated heterocycles. The quantitative estimate of drug-likeness (QED) is 0.739. The third kappa shape index (κ3) is 3.55. The number of carbonyl (C=O) groups excluding carboxylic acids is 1. The Morgan fingerprint density at radius 1 is 1.15 bits per heavy atom. The van der Waals surface area contributed by atoms with E-state index in [1.54, 1.807) is 13.4 Å². The van der Waals surface area contributed by atoms with Crippen LogP contribution in [0.5, 0.6) is 5.75 Å². The van der Waals surface area contributed by atoms with Crippen LogP contribution in [-0.4, -0.2) is 64.0 Å². The van der Waals surface area contributed by atoms with E-state index in [0.717, 1.165) is 35.7 Å². The molecule has 1 N–H and O–H groups in total. The average Bonchev–Trinajstić information content (AvgIpc) is 3.21. The fourth-order valence-electron chi connectivity index (χ4n) is 3.47. The fourth-order valence-corrected chi connectivity index (χ4v) is 3.47. The topological polar surface area (TPSA) is 87.2 Å². The van der Waals surface area contributed by atoms with Crippen LogP contribution < -0.4 is 9.64 Å². The lowest BCUT2D eigenvalue weighted by molar-refractivity contribution is -0.131. The van der Waals surface area contributed by atoms with E-state index in [9.17, 15) is 4.79 Å². The molecular weight excluding hydrogens is 344 g/mol. The van der Waals surface area contributed by atoms with Gasteiger partial charge in [-0.1, -0.05) is 18.2 Å². The summed E-state index contributed by atoms with van der Waals surface area (Å²) in [6, 6.07) is 7.84. The van der Waals surface area contributed by atoms with Crippen LogP contribution in [0.1, 0.15) is 12.0 Å². The van der Waals surface area contributed by atoms with Crippen molar-refractivity contribution in [3.63, 3.8) is 0 Å². The molecule has 0 atom stereocenters. The van der Waals surface area contributed by atoms with Crippen LogP contribution in [0.3, 0.4) is 0 Å². The molecule has 27 heavy (non-hydrogen) atoms. The molecule has 3 aromatic rings. The summed E-state index contributed by atoms with van der Waals surface area (Å²) < 4.78 is 5.36. The highest BCUT2D eigenvalue weighted by Crippen LogP contribution is 2.22. The molecule has 0 bridgehead atoms. The molecule has 8 heteroatoms. The number of amides is 1. The van der Waals surface area contributed by atoms with E-state index in [0.29, 0.717) is 31.6 Å². The number of anilines is 1. The highest BCUT2D eigenvalue weighted by Gasteiger charge is 2.23. The van der Waals surface area contributed by atoms with Crippen molar-refractivity contribution in [2.24, 2.45) is 0 Å². The van der Waals surface area contributed by atoms with Gasteiger partial charge in [0.2, 0.25) is 5.91 Å². The fraction of sp³-hybridized carbons (Fsp3) is 0.368. The van der Waals surface area contributed by atoms with Crippen molar-refractivity contribution < 1.29 is 9.53 Å². The zero-order valence-electron chi connectivity index (χ0n) is 15.3. The first-order valence-corrected chi connectivity index (χ1v) is 9.05. The number of aryl methyl sites for hydroxylation is 1. The van der Waals surface area contributed by atoms with E-state index in [1.165, 1.54) is 6.33 Å². The lowest BCUT2D eigenvalue weighted by Gasteiger charge is -2.35. The number of imidazole rings is 1. The standard InChI is InChI=1S/C19H22N6O2/c1-27-15-5-3-2-4-14(15)6-7-16(26)24-8-10-25(11-9-24)19-17-18(21-12-20-17)22-13-23-19/h2-5,12-13H,6-11H2,1H3,(H,20,21,22,23). The monoisotopic (exact) mass is 366 g/mol. The number of aromatic amines is 1. The maximum absolute atomic E-state index is 12.6. The SMILES string of the molecule is COc1ccccc1CCC(=O)N1CCN(c2ncnc3nc[nH]c23)CC1. The molecule has 4 rings (SSSR count). The van der Waals surface area contributed by atoms with Crippen LogP contribution in [0.4, 0.5) is 5.82 Å². The predicted molar refractivity (Wildman–Crippen MR) is 102 cm³/mol. The van der Waals surface area contributed by atoms with Gasteiger partial charge in [0.15, 0.2) is 11.5 Å². The summed E-state index contributed by atoms with van der Waals surface area (Å²) in [6.45, 7) is 2.85. The van der Waals surface area contributed by atoms with E-state index in [2.05, 4.69) is 24.8 Å². The van der Waals surface area contributed by atoms with Gasteiger partial charge in [0.05, 0.1) is 13.4 Å². The number of hydrogen-bond acceptors (Lipinski definition) is 6. The molecule has 2 aromatic heterocycles. The maximum Gasteiger partial charge on any atom is 0.223 e. The number of nitrogens with one attached hydrogen (secondary N) is 1. The highest BCUT2D eigenvalue weighted by molar-refractivity contribution is 5.83. The number of benzene rings is 1. The number of rotatable bonds is 5. The van der Waals surface area contributed by atoms with Gasteiger partial charge in [0.1, 0.15) is 17.6 Å². The first-order chi connectivity index (χ1) is 13.3. The van der Waals surface area contributed by atoms with Crippen LogP contribution in [0.15, 0.2) is 36.9 Å². The Labute approximate surface area is 157 Å². The zero-order valence-corrected chi connectivity index (χ0v) is 15.3. The van der Waals surface area contributed by atoms with Crippen LogP contribution in [-0.2, 0) is 11.2 Å². The second-order valence-electron chi connectivity index (χ2n) is 6.48. The number of para-hydroxylation sites is 1. The smallest absolute Gasteiger partial charge is 0.223 e. The summed E-state index contributed by atoms with van der Waals surface area (Å²) >= 11 is 0. The van der Waals surface area contributed by atoms with Crippen LogP contribution in [0, 0.1) is 0 Å². The molecule has 0 spiro atoms. The average molecular weight is 366 g/mol. The van der Waals surface area contributed by atoms with Crippen molar-refractivity contribution in [2.75, 3.05) is 38.2 Å². The van der Waals surface area contributed by atoms with Gasteiger partial charge in [0.25, 0.3) is 0 Å². The van der Waals surface area contributed by atoms with Gasteiger partial charge >= 0.3 is 0 Å². The normalized spacial score (nSPS) is 14.6. The molecule has 0 saturated carbocycles. The van der Waals surface area contributed by atoms with E-state index in [4.69, 9.17) is 4.74 Å². The lowest BCUT2D eigenvalue weighted by Crippen LogP contribution is -2.49. The molecule has 0 aliphatic carbocycles. The van der Waals surface area contributed by atoms with E-state index in [1.807, 2.05) is 29.2 Å². The summed E-state index contributed by atoms with van der Waals surface area (Å²) in [7, 11) is 1.66. The van der Waals surface area contributed by atoms with Gasteiger partial charge in [-0.05, 0) is 18.1 Å². The molecule has 1 fully saturated rings. The molecule has 0 unspecified atom stereocenters. The molecule has 1 aliphatic heterocycles. The Morgan fingerprint density at radius 3 is 2.78 bits per heavy atom. The summed E-state index contributed by atoms with van der Waals surface area (Å²) in [5, 5.41) is 0. The Balaban J connectivity index is 1.35. The number of ether oxygens (including phenoxy) is 1. The third-order valence-corrected chi connectivity index (χ3v) is 4.94. The molecule has 1 aromatic carbocycles.